The highest BCUT2D eigenvalue weighted by Crippen LogP contribution is 2.25. The average molecular weight is 375 g/mol. The van der Waals surface area contributed by atoms with Crippen LogP contribution < -0.4 is 11.4 Å². The molecule has 0 saturated carbocycles. The van der Waals surface area contributed by atoms with Crippen molar-refractivity contribution in [3.8, 4) is 22.8 Å². The van der Waals surface area contributed by atoms with Crippen molar-refractivity contribution in [2.24, 2.45) is 0 Å². The van der Waals surface area contributed by atoms with Gasteiger partial charge in [-0.3, -0.25) is 4.57 Å². The summed E-state index contributed by atoms with van der Waals surface area (Å²) in [5.41, 5.74) is 1.83. The summed E-state index contributed by atoms with van der Waals surface area (Å²) in [7, 11) is 0. The normalized spacial score (nSPS) is 11.5. The Labute approximate surface area is 156 Å². The van der Waals surface area contributed by atoms with Gasteiger partial charge in [0.15, 0.2) is 5.58 Å². The summed E-state index contributed by atoms with van der Waals surface area (Å²) in [4.78, 5) is 28.4. The lowest BCUT2D eigenvalue weighted by Gasteiger charge is -1.98. The fourth-order valence-electron chi connectivity index (χ4n) is 3.17. The Kier molecular flexibility index (Phi) is 3.51. The zero-order valence-corrected chi connectivity index (χ0v) is 14.7. The van der Waals surface area contributed by atoms with Gasteiger partial charge in [-0.25, -0.2) is 9.59 Å². The van der Waals surface area contributed by atoms with Gasteiger partial charge in [0.2, 0.25) is 5.82 Å². The molecule has 0 unspecified atom stereocenters. The number of hydrogen-bond donors (Lipinski definition) is 0. The number of oxazole rings is 1. The van der Waals surface area contributed by atoms with Gasteiger partial charge in [-0.1, -0.05) is 23.4 Å². The van der Waals surface area contributed by atoms with Crippen molar-refractivity contribution in [3.63, 3.8) is 0 Å². The van der Waals surface area contributed by atoms with Gasteiger partial charge < -0.3 is 13.4 Å². The predicted octanol–water partition coefficient (Wildman–Crippen LogP) is 3.44. The van der Waals surface area contributed by atoms with Crippen molar-refractivity contribution >= 4 is 22.1 Å². The molecule has 0 bridgehead atoms. The lowest BCUT2D eigenvalue weighted by molar-refractivity contribution is 0.429. The molecule has 28 heavy (non-hydrogen) atoms. The molecule has 0 amide bonds. The van der Waals surface area contributed by atoms with E-state index in [0.29, 0.717) is 28.8 Å². The molecule has 2 aromatic carbocycles. The smallest absolute Gasteiger partial charge is 0.419 e. The van der Waals surface area contributed by atoms with Gasteiger partial charge in [-0.15, -0.1) is 0 Å². The second-order valence-corrected chi connectivity index (χ2v) is 6.20. The van der Waals surface area contributed by atoms with Crippen LogP contribution in [-0.2, 0) is 6.54 Å². The van der Waals surface area contributed by atoms with E-state index < -0.39 is 11.4 Å². The van der Waals surface area contributed by atoms with E-state index >= 15 is 0 Å². The standard InChI is InChI=1S/C20H13N3O5/c1-2-23-14-8-7-12(10-16(14)27-20(23)25)17-21-18(28-22-17)13-9-11-5-3-4-6-15(11)26-19(13)24/h3-10H,2H2,1H3. The molecule has 138 valence electrons. The second kappa shape index (κ2) is 6.05. The van der Waals surface area contributed by atoms with E-state index in [2.05, 4.69) is 10.1 Å². The largest absolute Gasteiger partial charge is 0.422 e. The summed E-state index contributed by atoms with van der Waals surface area (Å²) >= 11 is 0. The SMILES string of the molecule is CCn1c(=O)oc2cc(-c3noc(-c4cc5ccccc5oc4=O)n3)ccc21. The first-order chi connectivity index (χ1) is 13.6. The van der Waals surface area contributed by atoms with Gasteiger partial charge in [-0.2, -0.15) is 4.98 Å². The molecule has 3 aromatic heterocycles. The number of nitrogens with zero attached hydrogens (tertiary/aromatic N) is 3. The molecule has 0 aliphatic rings. The van der Waals surface area contributed by atoms with E-state index in [-0.39, 0.29) is 17.3 Å². The maximum Gasteiger partial charge on any atom is 0.419 e. The Morgan fingerprint density at radius 1 is 1.00 bits per heavy atom. The maximum absolute atomic E-state index is 12.3. The summed E-state index contributed by atoms with van der Waals surface area (Å²) in [6.07, 6.45) is 0. The Morgan fingerprint density at radius 3 is 2.71 bits per heavy atom. The summed E-state index contributed by atoms with van der Waals surface area (Å²) in [5.74, 6) is -0.0873. The van der Waals surface area contributed by atoms with Crippen molar-refractivity contribution in [2.75, 3.05) is 0 Å². The van der Waals surface area contributed by atoms with Crippen LogP contribution in [0.5, 0.6) is 0 Å². The Hall–Kier alpha value is -3.94. The van der Waals surface area contributed by atoms with Gasteiger partial charge in [0.05, 0.1) is 5.52 Å². The van der Waals surface area contributed by atoms with Crippen LogP contribution in [-0.4, -0.2) is 14.7 Å². The lowest BCUT2D eigenvalue weighted by atomic mass is 10.2. The first-order valence-corrected chi connectivity index (χ1v) is 8.65. The highest BCUT2D eigenvalue weighted by molar-refractivity contribution is 5.81. The topological polar surface area (TPSA) is 104 Å². The third-order valence-electron chi connectivity index (χ3n) is 4.54. The molecule has 8 heteroatoms. The van der Waals surface area contributed by atoms with Crippen LogP contribution in [0.25, 0.3) is 44.9 Å². The van der Waals surface area contributed by atoms with Gasteiger partial charge in [-0.05, 0) is 37.3 Å². The van der Waals surface area contributed by atoms with Crippen LogP contribution in [0.3, 0.4) is 0 Å². The summed E-state index contributed by atoms with van der Waals surface area (Å²) in [6, 6.07) is 14.0. The Bertz CT molecular complexity index is 1450. The van der Waals surface area contributed by atoms with Crippen molar-refractivity contribution in [1.82, 2.24) is 14.7 Å². The molecule has 0 fully saturated rings. The highest BCUT2D eigenvalue weighted by atomic mass is 16.5. The van der Waals surface area contributed by atoms with Gasteiger partial charge in [0.25, 0.3) is 5.89 Å². The van der Waals surface area contributed by atoms with Crippen molar-refractivity contribution in [2.45, 2.75) is 13.5 Å². The monoisotopic (exact) mass is 375 g/mol. The first kappa shape index (κ1) is 16.2. The van der Waals surface area contributed by atoms with Crippen molar-refractivity contribution < 1.29 is 13.4 Å². The second-order valence-electron chi connectivity index (χ2n) is 6.20. The minimum atomic E-state index is -0.560. The van der Waals surface area contributed by atoms with E-state index in [1.165, 1.54) is 4.57 Å². The molecule has 0 spiro atoms. The summed E-state index contributed by atoms with van der Waals surface area (Å²) in [6.45, 7) is 2.38. The molecule has 3 heterocycles. The Morgan fingerprint density at radius 2 is 1.86 bits per heavy atom. The molecule has 8 nitrogen and oxygen atoms in total. The summed E-state index contributed by atoms with van der Waals surface area (Å²) in [5, 5.41) is 4.70. The molecule has 0 radical (unpaired) electrons. The number of aromatic nitrogens is 3. The minimum Gasteiger partial charge on any atom is -0.422 e. The van der Waals surface area contributed by atoms with Crippen LogP contribution in [0.2, 0.25) is 0 Å². The van der Waals surface area contributed by atoms with Crippen LogP contribution in [0.1, 0.15) is 6.92 Å². The number of aryl methyl sites for hydroxylation is 1. The van der Waals surface area contributed by atoms with Crippen LogP contribution in [0.4, 0.5) is 0 Å². The van der Waals surface area contributed by atoms with Crippen LogP contribution in [0.15, 0.2) is 71.5 Å². The van der Waals surface area contributed by atoms with E-state index in [4.69, 9.17) is 13.4 Å². The number of rotatable bonds is 3. The molecule has 0 atom stereocenters. The van der Waals surface area contributed by atoms with Crippen molar-refractivity contribution in [3.05, 3.63) is 69.5 Å². The molecule has 0 aliphatic heterocycles. The third-order valence-corrected chi connectivity index (χ3v) is 4.54. The highest BCUT2D eigenvalue weighted by Gasteiger charge is 2.17. The number of hydrogen-bond acceptors (Lipinski definition) is 7. The van der Waals surface area contributed by atoms with Gasteiger partial charge in [0, 0.05) is 17.5 Å². The van der Waals surface area contributed by atoms with Crippen molar-refractivity contribution in [1.29, 1.82) is 0 Å². The molecule has 0 saturated heterocycles. The minimum absolute atomic E-state index is 0.0576. The fourth-order valence-corrected chi connectivity index (χ4v) is 3.17. The quantitative estimate of drug-likeness (QED) is 0.445. The third kappa shape index (κ3) is 2.46. The van der Waals surface area contributed by atoms with E-state index in [0.717, 1.165) is 5.39 Å². The van der Waals surface area contributed by atoms with Crippen LogP contribution >= 0.6 is 0 Å². The zero-order chi connectivity index (χ0) is 19.3. The fraction of sp³-hybridized carbons (Fsp3) is 0.100. The Balaban J connectivity index is 1.60. The number of benzene rings is 2. The zero-order valence-electron chi connectivity index (χ0n) is 14.7. The van der Waals surface area contributed by atoms with E-state index in [1.807, 2.05) is 19.1 Å². The molecular formula is C20H13N3O5. The molecule has 0 N–H and O–H groups in total. The molecule has 0 aliphatic carbocycles. The molecule has 5 rings (SSSR count). The summed E-state index contributed by atoms with van der Waals surface area (Å²) < 4.78 is 17.4. The number of fused-ring (bicyclic) bond motifs is 2. The first-order valence-electron chi connectivity index (χ1n) is 8.65. The van der Waals surface area contributed by atoms with Gasteiger partial charge >= 0.3 is 11.4 Å². The van der Waals surface area contributed by atoms with E-state index in [1.54, 1.807) is 36.4 Å². The van der Waals surface area contributed by atoms with E-state index in [9.17, 15) is 9.59 Å². The van der Waals surface area contributed by atoms with Gasteiger partial charge in [0.1, 0.15) is 11.1 Å². The molecule has 5 aromatic rings. The predicted molar refractivity (Wildman–Crippen MR) is 101 cm³/mol. The number of para-hydroxylation sites is 1. The van der Waals surface area contributed by atoms with Crippen LogP contribution in [0, 0.1) is 0 Å². The average Bonchev–Trinajstić information content (AvgIpc) is 3.30. The molecular weight excluding hydrogens is 362 g/mol. The maximum atomic E-state index is 12.3. The lowest BCUT2D eigenvalue weighted by Crippen LogP contribution is -2.11.